The van der Waals surface area contributed by atoms with E-state index >= 15 is 0 Å². The molecule has 0 saturated carbocycles. The van der Waals surface area contributed by atoms with Gasteiger partial charge in [0.2, 0.25) is 0 Å². The molecule has 0 unspecified atom stereocenters. The third-order valence-corrected chi connectivity index (χ3v) is 8.07. The summed E-state index contributed by atoms with van der Waals surface area (Å²) >= 11 is 0. The molecule has 6 nitrogen and oxygen atoms in total. The Bertz CT molecular complexity index is 1730. The van der Waals surface area contributed by atoms with E-state index in [1.807, 2.05) is 72.8 Å². The smallest absolute Gasteiger partial charge is 0.193 e. The van der Waals surface area contributed by atoms with E-state index < -0.39 is 0 Å². The summed E-state index contributed by atoms with van der Waals surface area (Å²) in [4.78, 5) is 44.3. The molecule has 6 rings (SSSR count). The summed E-state index contributed by atoms with van der Waals surface area (Å²) in [7, 11) is 0. The number of aromatic nitrogens is 1. The molecular formula is C36H32N2O4. The zero-order valence-electron chi connectivity index (χ0n) is 23.3. The van der Waals surface area contributed by atoms with Crippen molar-refractivity contribution < 1.29 is 19.5 Å². The van der Waals surface area contributed by atoms with Gasteiger partial charge in [-0.05, 0) is 54.3 Å². The molecule has 6 heteroatoms. The van der Waals surface area contributed by atoms with E-state index in [2.05, 4.69) is 9.88 Å². The molecule has 0 spiro atoms. The van der Waals surface area contributed by atoms with Crippen LogP contribution in [0.5, 0.6) is 0 Å². The summed E-state index contributed by atoms with van der Waals surface area (Å²) in [6.07, 6.45) is 3.56. The van der Waals surface area contributed by atoms with Gasteiger partial charge in [-0.2, -0.15) is 0 Å². The van der Waals surface area contributed by atoms with Gasteiger partial charge in [0, 0.05) is 71.0 Å². The van der Waals surface area contributed by atoms with Crippen molar-refractivity contribution in [1.29, 1.82) is 0 Å². The van der Waals surface area contributed by atoms with Crippen LogP contribution in [0.1, 0.15) is 60.6 Å². The fourth-order valence-electron chi connectivity index (χ4n) is 5.57. The molecule has 1 saturated heterocycles. The number of anilines is 1. The van der Waals surface area contributed by atoms with E-state index in [0.717, 1.165) is 53.6 Å². The van der Waals surface area contributed by atoms with Gasteiger partial charge in [-0.1, -0.05) is 66.7 Å². The number of rotatable bonds is 9. The van der Waals surface area contributed by atoms with Gasteiger partial charge in [0.15, 0.2) is 17.3 Å². The Morgan fingerprint density at radius 2 is 1.24 bits per heavy atom. The second-order valence-electron chi connectivity index (χ2n) is 10.9. The first kappa shape index (κ1) is 27.4. The van der Waals surface area contributed by atoms with E-state index in [1.54, 1.807) is 30.5 Å². The largest absolute Gasteiger partial charge is 0.393 e. The average molecular weight is 557 g/mol. The van der Waals surface area contributed by atoms with Gasteiger partial charge in [0.1, 0.15) is 0 Å². The molecule has 0 atom stereocenters. The number of H-pyrrole nitrogens is 1. The van der Waals surface area contributed by atoms with Gasteiger partial charge in [-0.3, -0.25) is 14.4 Å². The number of Topliss-reactive ketones (excluding diaryl/α,β-unsaturated/α-hetero) is 2. The lowest BCUT2D eigenvalue weighted by Crippen LogP contribution is -2.35. The number of hydrogen-bond acceptors (Lipinski definition) is 5. The van der Waals surface area contributed by atoms with Crippen molar-refractivity contribution in [3.63, 3.8) is 0 Å². The van der Waals surface area contributed by atoms with Crippen LogP contribution in [-0.4, -0.2) is 46.6 Å². The molecule has 42 heavy (non-hydrogen) atoms. The molecule has 1 aliphatic heterocycles. The molecule has 1 aromatic heterocycles. The molecule has 0 aliphatic carbocycles. The third kappa shape index (κ3) is 5.94. The van der Waals surface area contributed by atoms with Gasteiger partial charge in [0.05, 0.1) is 6.10 Å². The van der Waals surface area contributed by atoms with E-state index in [1.165, 1.54) is 0 Å². The third-order valence-electron chi connectivity index (χ3n) is 8.07. The predicted octanol–water partition coefficient (Wildman–Crippen LogP) is 6.21. The van der Waals surface area contributed by atoms with Crippen LogP contribution >= 0.6 is 0 Å². The topological polar surface area (TPSA) is 90.5 Å². The number of aliphatic hydroxyl groups excluding tert-OH is 1. The van der Waals surface area contributed by atoms with Crippen molar-refractivity contribution in [2.24, 2.45) is 0 Å². The maximum absolute atomic E-state index is 13.1. The number of carbonyl (C=O) groups is 3. The van der Waals surface area contributed by atoms with Gasteiger partial charge < -0.3 is 15.0 Å². The van der Waals surface area contributed by atoms with E-state index in [-0.39, 0.29) is 36.3 Å². The first-order valence-corrected chi connectivity index (χ1v) is 14.3. The average Bonchev–Trinajstić information content (AvgIpc) is 3.46. The fourth-order valence-corrected chi connectivity index (χ4v) is 5.57. The van der Waals surface area contributed by atoms with Crippen LogP contribution in [0.2, 0.25) is 0 Å². The number of ketones is 3. The highest BCUT2D eigenvalue weighted by Gasteiger charge is 2.18. The Kier molecular flexibility index (Phi) is 7.80. The number of para-hydroxylation sites is 1. The van der Waals surface area contributed by atoms with Crippen molar-refractivity contribution in [2.75, 3.05) is 18.0 Å². The molecule has 5 aromatic rings. The van der Waals surface area contributed by atoms with Crippen LogP contribution in [0.15, 0.2) is 103 Å². The summed E-state index contributed by atoms with van der Waals surface area (Å²) in [6.45, 7) is 1.63. The zero-order chi connectivity index (χ0) is 29.1. The van der Waals surface area contributed by atoms with Crippen LogP contribution in [0.25, 0.3) is 10.9 Å². The lowest BCUT2D eigenvalue weighted by atomic mass is 9.97. The number of fused-ring (bicyclic) bond motifs is 1. The highest BCUT2D eigenvalue weighted by atomic mass is 16.3. The number of benzene rings is 4. The Morgan fingerprint density at radius 1 is 0.690 bits per heavy atom. The highest BCUT2D eigenvalue weighted by molar-refractivity contribution is 6.10. The second-order valence-corrected chi connectivity index (χ2v) is 10.9. The molecular weight excluding hydrogens is 524 g/mol. The number of nitrogens with zero attached hydrogens (tertiary/aromatic N) is 1. The Hall–Kier alpha value is -4.81. The molecule has 1 fully saturated rings. The van der Waals surface area contributed by atoms with Crippen LogP contribution in [0.4, 0.5) is 5.69 Å². The minimum Gasteiger partial charge on any atom is -0.393 e. The number of nitrogens with one attached hydrogen (secondary N) is 1. The number of carbonyl (C=O) groups excluding carboxylic acids is 3. The first-order chi connectivity index (χ1) is 20.4. The van der Waals surface area contributed by atoms with E-state index in [4.69, 9.17) is 0 Å². The summed E-state index contributed by atoms with van der Waals surface area (Å²) in [5, 5.41) is 10.6. The zero-order valence-corrected chi connectivity index (χ0v) is 23.3. The lowest BCUT2D eigenvalue weighted by molar-refractivity contribution is 0.0985. The van der Waals surface area contributed by atoms with Gasteiger partial charge in [-0.25, -0.2) is 0 Å². The Balaban J connectivity index is 1.05. The molecule has 2 heterocycles. The molecule has 1 aliphatic rings. The Labute approximate surface area is 244 Å². The summed E-state index contributed by atoms with van der Waals surface area (Å²) in [6, 6.07) is 29.7. The number of aromatic amines is 1. The van der Waals surface area contributed by atoms with Crippen molar-refractivity contribution >= 4 is 33.9 Å². The van der Waals surface area contributed by atoms with Crippen LogP contribution in [0, 0.1) is 0 Å². The molecule has 2 N–H and O–H groups in total. The van der Waals surface area contributed by atoms with Crippen molar-refractivity contribution in [3.8, 4) is 0 Å². The van der Waals surface area contributed by atoms with Crippen molar-refractivity contribution in [3.05, 3.63) is 137 Å². The van der Waals surface area contributed by atoms with Gasteiger partial charge >= 0.3 is 0 Å². The quantitative estimate of drug-likeness (QED) is 0.211. The molecule has 0 bridgehead atoms. The van der Waals surface area contributed by atoms with Crippen LogP contribution in [0.3, 0.4) is 0 Å². The molecule has 4 aromatic carbocycles. The maximum atomic E-state index is 13.1. The minimum atomic E-state index is -0.219. The monoisotopic (exact) mass is 556 g/mol. The van der Waals surface area contributed by atoms with Crippen molar-refractivity contribution in [1.82, 2.24) is 4.98 Å². The normalized spacial score (nSPS) is 13.8. The van der Waals surface area contributed by atoms with Crippen LogP contribution in [-0.2, 0) is 12.8 Å². The standard InChI is InChI=1S/C36H32N2O4/c39-30-17-19-38(20-18-30)29-15-13-26(14-16-29)34(40)21-24-5-9-27(10-6-24)36(42)28-11-7-25(8-12-28)22-35(41)32-23-37-33-4-2-1-3-31(32)33/h1-16,23,30,37,39H,17-22H2. The highest BCUT2D eigenvalue weighted by Crippen LogP contribution is 2.22. The number of aliphatic hydroxyl groups is 1. The lowest BCUT2D eigenvalue weighted by Gasteiger charge is -2.31. The summed E-state index contributed by atoms with van der Waals surface area (Å²) < 4.78 is 0. The van der Waals surface area contributed by atoms with E-state index in [0.29, 0.717) is 22.3 Å². The minimum absolute atomic E-state index is 0.0208. The fraction of sp³-hybridized carbons (Fsp3) is 0.194. The molecule has 0 radical (unpaired) electrons. The number of piperidine rings is 1. The molecule has 0 amide bonds. The summed E-state index contributed by atoms with van der Waals surface area (Å²) in [5.41, 5.74) is 6.10. The van der Waals surface area contributed by atoms with E-state index in [9.17, 15) is 19.5 Å². The molecule has 210 valence electrons. The van der Waals surface area contributed by atoms with Gasteiger partial charge in [0.25, 0.3) is 0 Å². The van der Waals surface area contributed by atoms with Crippen LogP contribution < -0.4 is 4.90 Å². The van der Waals surface area contributed by atoms with Crippen molar-refractivity contribution in [2.45, 2.75) is 31.8 Å². The SMILES string of the molecule is O=C(Cc1ccc(C(=O)c2ccc(CC(=O)c3c[nH]c4ccccc34)cc2)cc1)c1ccc(N2CCC(O)CC2)cc1. The predicted molar refractivity (Wildman–Crippen MR) is 165 cm³/mol. The Morgan fingerprint density at radius 3 is 1.86 bits per heavy atom. The second kappa shape index (κ2) is 12.0. The maximum Gasteiger partial charge on any atom is 0.193 e. The summed E-state index contributed by atoms with van der Waals surface area (Å²) in [5.74, 6) is -0.0639. The first-order valence-electron chi connectivity index (χ1n) is 14.3. The van der Waals surface area contributed by atoms with Gasteiger partial charge in [-0.15, -0.1) is 0 Å². The number of hydrogen-bond donors (Lipinski definition) is 2.